The Morgan fingerprint density at radius 2 is 2.11 bits per heavy atom. The quantitative estimate of drug-likeness (QED) is 0.408. The summed E-state index contributed by atoms with van der Waals surface area (Å²) < 4.78 is 3.29. The van der Waals surface area contributed by atoms with E-state index >= 15 is 0 Å². The molecule has 2 unspecified atom stereocenters. The Hall–Kier alpha value is -0.930. The van der Waals surface area contributed by atoms with Gasteiger partial charge in [-0.2, -0.15) is 0 Å². The van der Waals surface area contributed by atoms with Gasteiger partial charge < -0.3 is 15.0 Å². The van der Waals surface area contributed by atoms with Crippen molar-refractivity contribution in [2.24, 2.45) is 0 Å². The molecule has 3 atom stereocenters. The lowest BCUT2D eigenvalue weighted by Gasteiger charge is -2.48. The Balaban J connectivity index is 1.60. The summed E-state index contributed by atoms with van der Waals surface area (Å²) in [4.78, 5) is 39.1. The fraction of sp³-hybridized carbons (Fsp3) is 0.438. The molecule has 3 heterocycles. The number of ether oxygens (including phenoxy) is 1. The number of carbonyl (C=O) groups is 3. The van der Waals surface area contributed by atoms with E-state index in [9.17, 15) is 14.4 Å². The van der Waals surface area contributed by atoms with E-state index in [0.717, 1.165) is 4.88 Å². The number of amides is 2. The molecule has 0 spiro atoms. The average molecular weight is 470 g/mol. The monoisotopic (exact) mass is 468 g/mol. The van der Waals surface area contributed by atoms with Gasteiger partial charge in [-0.15, -0.1) is 23.1 Å². The van der Waals surface area contributed by atoms with Gasteiger partial charge in [0, 0.05) is 16.3 Å². The van der Waals surface area contributed by atoms with Crippen LogP contribution in [0.3, 0.4) is 0 Å². The van der Waals surface area contributed by atoms with Gasteiger partial charge in [0.1, 0.15) is 18.0 Å². The van der Waals surface area contributed by atoms with Crippen LogP contribution in [-0.2, 0) is 25.5 Å². The molecule has 2 aliphatic rings. The summed E-state index contributed by atoms with van der Waals surface area (Å²) in [5, 5.41) is 4.17. The van der Waals surface area contributed by atoms with Crippen molar-refractivity contribution in [1.82, 2.24) is 10.2 Å². The second kappa shape index (κ2) is 8.21. The van der Waals surface area contributed by atoms with Crippen LogP contribution in [0, 0.1) is 0 Å². The zero-order valence-electron chi connectivity index (χ0n) is 14.0. The molecule has 3 rings (SSSR count). The third kappa shape index (κ3) is 4.92. The van der Waals surface area contributed by atoms with Crippen LogP contribution in [0.25, 0.3) is 0 Å². The van der Waals surface area contributed by atoms with Crippen molar-refractivity contribution in [3.05, 3.63) is 34.2 Å². The van der Waals surface area contributed by atoms with Crippen LogP contribution in [0.4, 0.5) is 0 Å². The number of thiophene rings is 1. The Kier molecular flexibility index (Phi) is 6.32. The number of hydrogen-bond acceptors (Lipinski definition) is 6. The predicted octanol–water partition coefficient (Wildman–Crippen LogP) is 2.88. The average Bonchev–Trinajstić information content (AvgIpc) is 3.09. The molecule has 27 heavy (non-hydrogen) atoms. The zero-order valence-corrected chi connectivity index (χ0v) is 17.9. The molecule has 0 saturated carbocycles. The number of hydrogen-bond donors (Lipinski definition) is 1. The standard InChI is InChI=1S/C16H15Cl3N2O4S2/c1-8-10(15(24)25-7-16(17,18)19)6-21-13(23)12(14(21)27-8)20-11(22)5-9-3-2-4-26-9/h2-4,6,8,12,14H,5,7H2,1H3,(H,20,22)/t8?,12?,14-/m1/s1. The fourth-order valence-electron chi connectivity index (χ4n) is 2.68. The van der Waals surface area contributed by atoms with E-state index in [0.29, 0.717) is 5.57 Å². The van der Waals surface area contributed by atoms with E-state index in [4.69, 9.17) is 39.5 Å². The van der Waals surface area contributed by atoms with Crippen molar-refractivity contribution in [2.45, 2.75) is 33.8 Å². The minimum Gasteiger partial charge on any atom is -0.458 e. The predicted molar refractivity (Wildman–Crippen MR) is 107 cm³/mol. The number of nitrogens with one attached hydrogen (secondary N) is 1. The van der Waals surface area contributed by atoms with Crippen LogP contribution >= 0.6 is 57.9 Å². The first kappa shape index (κ1) is 20.8. The number of nitrogens with zero attached hydrogens (tertiary/aromatic N) is 1. The van der Waals surface area contributed by atoms with E-state index in [1.165, 1.54) is 34.2 Å². The normalized spacial score (nSPS) is 24.6. The lowest BCUT2D eigenvalue weighted by Crippen LogP contribution is -2.69. The maximum atomic E-state index is 12.4. The van der Waals surface area contributed by atoms with Crippen molar-refractivity contribution in [1.29, 1.82) is 0 Å². The minimum atomic E-state index is -1.70. The number of carbonyl (C=O) groups excluding carboxylic acids is 3. The van der Waals surface area contributed by atoms with Crippen LogP contribution in [0.1, 0.15) is 11.8 Å². The third-order valence-electron chi connectivity index (χ3n) is 3.97. The summed E-state index contributed by atoms with van der Waals surface area (Å²) >= 11 is 19.6. The molecule has 1 fully saturated rings. The molecule has 0 aromatic carbocycles. The van der Waals surface area contributed by atoms with Crippen LogP contribution in [0.15, 0.2) is 29.3 Å². The first-order valence-electron chi connectivity index (χ1n) is 7.90. The summed E-state index contributed by atoms with van der Waals surface area (Å²) in [5.41, 5.74) is 0.308. The first-order valence-corrected chi connectivity index (χ1v) is 10.9. The molecule has 6 nitrogen and oxygen atoms in total. The highest BCUT2D eigenvalue weighted by molar-refractivity contribution is 8.00. The number of rotatable bonds is 5. The van der Waals surface area contributed by atoms with Gasteiger partial charge in [0.05, 0.1) is 12.0 Å². The van der Waals surface area contributed by atoms with Crippen LogP contribution in [-0.4, -0.2) is 49.7 Å². The SMILES string of the molecule is CC1S[C@@H]2C(NC(=O)Cc3cccs3)C(=O)N2C=C1C(=O)OCC(Cl)(Cl)Cl. The molecule has 2 amide bonds. The molecule has 1 N–H and O–H groups in total. The van der Waals surface area contributed by atoms with Crippen molar-refractivity contribution in [3.8, 4) is 0 Å². The van der Waals surface area contributed by atoms with Crippen LogP contribution < -0.4 is 5.32 Å². The number of β-lactam (4-membered cyclic amide) rings is 1. The van der Waals surface area contributed by atoms with E-state index < -0.39 is 15.8 Å². The second-order valence-corrected chi connectivity index (χ2v) is 11.0. The summed E-state index contributed by atoms with van der Waals surface area (Å²) in [6, 6.07) is 3.13. The van der Waals surface area contributed by atoms with Crippen molar-refractivity contribution < 1.29 is 19.1 Å². The van der Waals surface area contributed by atoms with E-state index in [2.05, 4.69) is 5.32 Å². The molecule has 1 aromatic rings. The van der Waals surface area contributed by atoms with E-state index in [-0.39, 0.29) is 35.5 Å². The third-order valence-corrected chi connectivity index (χ3v) is 6.62. The number of halogens is 3. The van der Waals surface area contributed by atoms with Gasteiger partial charge in [-0.1, -0.05) is 40.9 Å². The number of thioether (sulfide) groups is 1. The summed E-state index contributed by atoms with van der Waals surface area (Å²) in [6.07, 6.45) is 1.69. The molecule has 0 bridgehead atoms. The number of alkyl halides is 3. The number of fused-ring (bicyclic) bond motifs is 1. The van der Waals surface area contributed by atoms with Crippen LogP contribution in [0.5, 0.6) is 0 Å². The highest BCUT2D eigenvalue weighted by Gasteiger charge is 2.51. The van der Waals surface area contributed by atoms with Crippen molar-refractivity contribution >= 4 is 75.7 Å². The maximum absolute atomic E-state index is 12.4. The van der Waals surface area contributed by atoms with E-state index in [1.54, 1.807) is 0 Å². The summed E-state index contributed by atoms with van der Waals surface area (Å²) in [7, 11) is 0. The highest BCUT2D eigenvalue weighted by Crippen LogP contribution is 2.40. The van der Waals surface area contributed by atoms with Gasteiger partial charge in [-0.3, -0.25) is 9.59 Å². The summed E-state index contributed by atoms with van der Waals surface area (Å²) in [5.74, 6) is -1.12. The molecule has 146 valence electrons. The van der Waals surface area contributed by atoms with Gasteiger partial charge in [-0.25, -0.2) is 4.79 Å². The van der Waals surface area contributed by atoms with E-state index in [1.807, 2.05) is 24.4 Å². The fourth-order valence-corrected chi connectivity index (χ4v) is 4.91. The first-order chi connectivity index (χ1) is 12.7. The Bertz CT molecular complexity index is 779. The smallest absolute Gasteiger partial charge is 0.336 e. The zero-order chi connectivity index (χ0) is 19.8. The van der Waals surface area contributed by atoms with Gasteiger partial charge in [0.15, 0.2) is 0 Å². The molecule has 0 radical (unpaired) electrons. The van der Waals surface area contributed by atoms with Gasteiger partial charge >= 0.3 is 5.97 Å². The van der Waals surface area contributed by atoms with Crippen molar-refractivity contribution in [3.63, 3.8) is 0 Å². The molecule has 11 heteroatoms. The summed E-state index contributed by atoms with van der Waals surface area (Å²) in [6.45, 7) is 1.43. The maximum Gasteiger partial charge on any atom is 0.336 e. The van der Waals surface area contributed by atoms with Crippen molar-refractivity contribution in [2.75, 3.05) is 6.61 Å². The lowest BCUT2D eigenvalue weighted by molar-refractivity contribution is -0.145. The Labute approximate surface area is 179 Å². The van der Waals surface area contributed by atoms with Gasteiger partial charge in [0.25, 0.3) is 5.91 Å². The molecular formula is C16H15Cl3N2O4S2. The highest BCUT2D eigenvalue weighted by atomic mass is 35.6. The topological polar surface area (TPSA) is 75.7 Å². The van der Waals surface area contributed by atoms with Crippen LogP contribution in [0.2, 0.25) is 0 Å². The Morgan fingerprint density at radius 3 is 2.74 bits per heavy atom. The van der Waals surface area contributed by atoms with Gasteiger partial charge in [-0.05, 0) is 18.4 Å². The minimum absolute atomic E-state index is 0.208. The lowest BCUT2D eigenvalue weighted by atomic mass is 10.1. The Morgan fingerprint density at radius 1 is 1.37 bits per heavy atom. The molecule has 2 aliphatic heterocycles. The second-order valence-electron chi connectivity index (χ2n) is 5.99. The van der Waals surface area contributed by atoms with Gasteiger partial charge in [0.2, 0.25) is 9.70 Å². The largest absolute Gasteiger partial charge is 0.458 e. The molecule has 1 saturated heterocycles. The number of esters is 1. The molecular weight excluding hydrogens is 455 g/mol. The molecule has 0 aliphatic carbocycles. The molecule has 1 aromatic heterocycles.